The maximum atomic E-state index is 13.5. The first-order valence-electron chi connectivity index (χ1n) is 12.7. The molecule has 2 amide bonds. The summed E-state index contributed by atoms with van der Waals surface area (Å²) in [5.41, 5.74) is 4.24. The Morgan fingerprint density at radius 3 is 2.29 bits per heavy atom. The Bertz CT molecular complexity index is 1090. The van der Waals surface area contributed by atoms with Crippen molar-refractivity contribution in [2.24, 2.45) is 0 Å². The molecule has 35 heavy (non-hydrogen) atoms. The molecule has 0 bridgehead atoms. The van der Waals surface area contributed by atoms with Crippen molar-refractivity contribution in [3.05, 3.63) is 53.8 Å². The molecule has 0 aromatic heterocycles. The maximum absolute atomic E-state index is 13.5. The number of piperidine rings is 2. The Hall–Kier alpha value is -2.93. The molecule has 5 rings (SSSR count). The van der Waals surface area contributed by atoms with Crippen LogP contribution in [-0.2, 0) is 14.9 Å². The van der Waals surface area contributed by atoms with Gasteiger partial charge in [0.25, 0.3) is 0 Å². The number of rotatable bonds is 3. The van der Waals surface area contributed by atoms with E-state index in [9.17, 15) is 14.0 Å². The molecule has 2 fully saturated rings. The van der Waals surface area contributed by atoms with Crippen LogP contribution in [0.5, 0.6) is 0 Å². The molecule has 0 saturated carbocycles. The normalized spacial score (nSPS) is 20.2. The highest BCUT2D eigenvalue weighted by Crippen LogP contribution is 2.48. The van der Waals surface area contributed by atoms with Crippen molar-refractivity contribution in [3.8, 4) is 11.1 Å². The topological polar surface area (TPSA) is 53.1 Å². The smallest absolute Gasteiger partial charge is 0.409 e. The number of amides is 2. The van der Waals surface area contributed by atoms with E-state index in [0.29, 0.717) is 12.6 Å². The van der Waals surface area contributed by atoms with Crippen molar-refractivity contribution >= 4 is 17.7 Å². The fourth-order valence-electron chi connectivity index (χ4n) is 6.15. The van der Waals surface area contributed by atoms with Crippen LogP contribution >= 0.6 is 0 Å². The summed E-state index contributed by atoms with van der Waals surface area (Å²) in [6.45, 7) is 8.06. The number of likely N-dealkylation sites (tertiary alicyclic amines) is 2. The van der Waals surface area contributed by atoms with Gasteiger partial charge in [0, 0.05) is 43.7 Å². The molecule has 0 N–H and O–H groups in total. The average Bonchev–Trinajstić information content (AvgIpc) is 3.19. The first-order valence-corrected chi connectivity index (χ1v) is 12.7. The molecule has 0 radical (unpaired) electrons. The molecule has 3 aliphatic heterocycles. The van der Waals surface area contributed by atoms with E-state index in [2.05, 4.69) is 17.0 Å². The second-order valence-electron chi connectivity index (χ2n) is 10.1. The van der Waals surface area contributed by atoms with Crippen LogP contribution in [-0.4, -0.2) is 67.2 Å². The predicted octanol–water partition coefficient (Wildman–Crippen LogP) is 4.81. The number of carbonyl (C=O) groups excluding carboxylic acids is 2. The zero-order valence-electron chi connectivity index (χ0n) is 20.6. The number of hydrogen-bond donors (Lipinski definition) is 0. The number of halogens is 1. The number of fused-ring (bicyclic) bond motifs is 2. The lowest BCUT2D eigenvalue weighted by molar-refractivity contribution is -0.116. The first-order chi connectivity index (χ1) is 16.9. The van der Waals surface area contributed by atoms with Gasteiger partial charge in [-0.1, -0.05) is 18.2 Å². The number of hydrogen-bond acceptors (Lipinski definition) is 4. The number of ether oxygens (including phenoxy) is 1. The molecule has 186 valence electrons. The fourth-order valence-corrected chi connectivity index (χ4v) is 6.15. The molecule has 3 heterocycles. The summed E-state index contributed by atoms with van der Waals surface area (Å²) < 4.78 is 18.6. The molecule has 0 aliphatic carbocycles. The lowest BCUT2D eigenvalue weighted by atomic mass is 9.73. The highest BCUT2D eigenvalue weighted by Gasteiger charge is 2.46. The van der Waals surface area contributed by atoms with Gasteiger partial charge in [-0.05, 0) is 86.7 Å². The summed E-state index contributed by atoms with van der Waals surface area (Å²) >= 11 is 0. The van der Waals surface area contributed by atoms with Gasteiger partial charge in [-0.25, -0.2) is 9.18 Å². The molecule has 2 aromatic rings. The zero-order valence-corrected chi connectivity index (χ0v) is 20.6. The van der Waals surface area contributed by atoms with Crippen LogP contribution in [0.4, 0.5) is 14.9 Å². The van der Waals surface area contributed by atoms with Crippen molar-refractivity contribution in [2.75, 3.05) is 44.2 Å². The molecule has 3 aliphatic rings. The third kappa shape index (κ3) is 4.54. The van der Waals surface area contributed by atoms with Crippen LogP contribution < -0.4 is 4.90 Å². The number of anilines is 1. The number of benzene rings is 2. The molecule has 0 unspecified atom stereocenters. The van der Waals surface area contributed by atoms with Gasteiger partial charge in [0.2, 0.25) is 5.91 Å². The Morgan fingerprint density at radius 2 is 1.66 bits per heavy atom. The van der Waals surface area contributed by atoms with Crippen molar-refractivity contribution in [1.82, 2.24) is 9.80 Å². The second kappa shape index (κ2) is 9.61. The van der Waals surface area contributed by atoms with Crippen LogP contribution in [0, 0.1) is 5.82 Å². The van der Waals surface area contributed by atoms with Gasteiger partial charge in [0.15, 0.2) is 0 Å². The van der Waals surface area contributed by atoms with E-state index in [1.807, 2.05) is 34.9 Å². The van der Waals surface area contributed by atoms with Crippen LogP contribution in [0.15, 0.2) is 42.5 Å². The predicted molar refractivity (Wildman–Crippen MR) is 134 cm³/mol. The summed E-state index contributed by atoms with van der Waals surface area (Å²) in [5, 5.41) is 0. The third-order valence-electron chi connectivity index (χ3n) is 8.14. The molecule has 2 saturated heterocycles. The summed E-state index contributed by atoms with van der Waals surface area (Å²) in [4.78, 5) is 30.9. The van der Waals surface area contributed by atoms with Gasteiger partial charge in [0.05, 0.1) is 6.61 Å². The zero-order chi connectivity index (χ0) is 24.6. The molecule has 2 aromatic carbocycles. The summed E-state index contributed by atoms with van der Waals surface area (Å²) in [6.07, 6.45) is 3.73. The third-order valence-corrected chi connectivity index (χ3v) is 8.14. The molecule has 1 spiro atoms. The standard InChI is InChI=1S/C28H34FN3O3/c1-3-35-27(34)31-14-10-24(11-15-31)30-16-12-28(13-17-30)19-32(20(2)33)26-9-6-22(18-25(26)28)21-4-7-23(29)8-5-21/h4-9,18,24H,3,10-17,19H2,1-2H3. The van der Waals surface area contributed by atoms with Crippen molar-refractivity contribution in [1.29, 1.82) is 0 Å². The van der Waals surface area contributed by atoms with Gasteiger partial charge >= 0.3 is 6.09 Å². The minimum atomic E-state index is -0.241. The van der Waals surface area contributed by atoms with Gasteiger partial charge in [0.1, 0.15) is 5.82 Å². The highest BCUT2D eigenvalue weighted by atomic mass is 19.1. The summed E-state index contributed by atoms with van der Waals surface area (Å²) in [5.74, 6) is -0.166. The minimum Gasteiger partial charge on any atom is -0.450 e. The van der Waals surface area contributed by atoms with Crippen LogP contribution in [0.1, 0.15) is 45.1 Å². The minimum absolute atomic E-state index is 0.0564. The lowest BCUT2D eigenvalue weighted by Crippen LogP contribution is -2.52. The SMILES string of the molecule is CCOC(=O)N1CCC(N2CCC3(CC2)CN(C(C)=O)c2ccc(-c4ccc(F)cc4)cc23)CC1. The quantitative estimate of drug-likeness (QED) is 0.634. The van der Waals surface area contributed by atoms with Gasteiger partial charge in [-0.2, -0.15) is 0 Å². The molecule has 6 nitrogen and oxygen atoms in total. The molecular formula is C28H34FN3O3. The summed E-state index contributed by atoms with van der Waals surface area (Å²) in [7, 11) is 0. The average molecular weight is 480 g/mol. The van der Waals surface area contributed by atoms with Gasteiger partial charge in [-0.3, -0.25) is 4.79 Å². The van der Waals surface area contributed by atoms with E-state index in [1.165, 1.54) is 17.7 Å². The second-order valence-corrected chi connectivity index (χ2v) is 10.1. The maximum Gasteiger partial charge on any atom is 0.409 e. The van der Waals surface area contributed by atoms with Crippen LogP contribution in [0.25, 0.3) is 11.1 Å². The van der Waals surface area contributed by atoms with Crippen molar-refractivity contribution in [2.45, 2.75) is 51.0 Å². The molecule has 0 atom stereocenters. The van der Waals surface area contributed by atoms with Crippen LogP contribution in [0.3, 0.4) is 0 Å². The molecule has 7 heteroatoms. The lowest BCUT2D eigenvalue weighted by Gasteiger charge is -2.45. The Balaban J connectivity index is 1.32. The van der Waals surface area contributed by atoms with Gasteiger partial charge in [-0.15, -0.1) is 0 Å². The Kier molecular flexibility index (Phi) is 6.53. The van der Waals surface area contributed by atoms with E-state index in [4.69, 9.17) is 4.74 Å². The van der Waals surface area contributed by atoms with Crippen molar-refractivity contribution < 1.29 is 18.7 Å². The Morgan fingerprint density at radius 1 is 1.00 bits per heavy atom. The first kappa shape index (κ1) is 23.8. The Labute approximate surface area is 206 Å². The van der Waals surface area contributed by atoms with E-state index < -0.39 is 0 Å². The summed E-state index contributed by atoms with van der Waals surface area (Å²) in [6, 6.07) is 13.4. The number of nitrogens with zero attached hydrogens (tertiary/aromatic N) is 3. The van der Waals surface area contributed by atoms with E-state index in [0.717, 1.165) is 75.2 Å². The molecular weight excluding hydrogens is 445 g/mol. The van der Waals surface area contributed by atoms with Gasteiger partial charge < -0.3 is 19.4 Å². The van der Waals surface area contributed by atoms with E-state index in [-0.39, 0.29) is 23.2 Å². The van der Waals surface area contributed by atoms with E-state index in [1.54, 1.807) is 6.92 Å². The van der Waals surface area contributed by atoms with E-state index >= 15 is 0 Å². The largest absolute Gasteiger partial charge is 0.450 e. The fraction of sp³-hybridized carbons (Fsp3) is 0.500. The number of carbonyl (C=O) groups is 2. The van der Waals surface area contributed by atoms with Crippen LogP contribution in [0.2, 0.25) is 0 Å². The van der Waals surface area contributed by atoms with Crippen molar-refractivity contribution in [3.63, 3.8) is 0 Å². The highest BCUT2D eigenvalue weighted by molar-refractivity contribution is 5.95. The monoisotopic (exact) mass is 479 g/mol.